The molecule has 0 amide bonds. The van der Waals surface area contributed by atoms with Crippen LogP contribution in [0.15, 0.2) is 18.2 Å². The normalized spacial score (nSPS) is 13.7. The van der Waals surface area contributed by atoms with Gasteiger partial charge < -0.3 is 0 Å². The van der Waals surface area contributed by atoms with Crippen LogP contribution in [0.4, 0.5) is 4.39 Å². The van der Waals surface area contributed by atoms with Crippen molar-refractivity contribution in [3.05, 3.63) is 35.1 Å². The summed E-state index contributed by atoms with van der Waals surface area (Å²) in [6, 6.07) is 4.94. The largest absolute Gasteiger partial charge is 0.296 e. The Bertz CT molecular complexity index is 440. The second-order valence-electron chi connectivity index (χ2n) is 5.58. The maximum absolute atomic E-state index is 13.4. The summed E-state index contributed by atoms with van der Waals surface area (Å²) >= 11 is 0. The SMILES string of the molecule is CCN(CC)C(CC)(CC)C(NN)c1ccc(F)cc1C. The van der Waals surface area contributed by atoms with Crippen molar-refractivity contribution in [1.82, 2.24) is 10.3 Å². The van der Waals surface area contributed by atoms with Gasteiger partial charge in [0, 0.05) is 5.54 Å². The van der Waals surface area contributed by atoms with Crippen molar-refractivity contribution in [2.45, 2.75) is 59.0 Å². The number of nitrogens with zero attached hydrogens (tertiary/aromatic N) is 1. The number of hydrogen-bond donors (Lipinski definition) is 2. The lowest BCUT2D eigenvalue weighted by atomic mass is 9.78. The topological polar surface area (TPSA) is 41.3 Å². The van der Waals surface area contributed by atoms with Gasteiger partial charge in [-0.05, 0) is 56.1 Å². The standard InChI is InChI=1S/C17H30FN3/c1-6-17(7-2,21(8-3)9-4)16(20-19)15-11-10-14(18)12-13(15)5/h10-12,16,20H,6-9,19H2,1-5H3. The Kier molecular flexibility index (Phi) is 6.78. The third-order valence-corrected chi connectivity index (χ3v) is 4.86. The van der Waals surface area contributed by atoms with Crippen LogP contribution in [-0.2, 0) is 0 Å². The summed E-state index contributed by atoms with van der Waals surface area (Å²) in [4.78, 5) is 2.46. The van der Waals surface area contributed by atoms with Crippen LogP contribution in [0.2, 0.25) is 0 Å². The third-order valence-electron chi connectivity index (χ3n) is 4.86. The molecule has 3 N–H and O–H groups in total. The van der Waals surface area contributed by atoms with Gasteiger partial charge in [0.05, 0.1) is 6.04 Å². The van der Waals surface area contributed by atoms with Crippen LogP contribution in [0.1, 0.15) is 57.7 Å². The molecule has 0 aliphatic carbocycles. The Balaban J connectivity index is 3.37. The molecule has 0 aliphatic heterocycles. The molecule has 1 aromatic rings. The molecule has 0 heterocycles. The maximum Gasteiger partial charge on any atom is 0.123 e. The first-order chi connectivity index (χ1) is 10.00. The fourth-order valence-corrected chi connectivity index (χ4v) is 3.64. The molecule has 1 unspecified atom stereocenters. The van der Waals surface area contributed by atoms with E-state index in [-0.39, 0.29) is 17.4 Å². The molecule has 1 atom stereocenters. The van der Waals surface area contributed by atoms with E-state index < -0.39 is 0 Å². The number of hydrazine groups is 1. The molecule has 0 saturated heterocycles. The summed E-state index contributed by atoms with van der Waals surface area (Å²) in [5.41, 5.74) is 4.96. The van der Waals surface area contributed by atoms with Gasteiger partial charge in [0.1, 0.15) is 5.82 Å². The third kappa shape index (κ3) is 3.44. The molecule has 3 nitrogen and oxygen atoms in total. The fourth-order valence-electron chi connectivity index (χ4n) is 3.64. The summed E-state index contributed by atoms with van der Waals surface area (Å²) in [5, 5.41) is 0. The van der Waals surface area contributed by atoms with E-state index in [1.54, 1.807) is 6.07 Å². The minimum atomic E-state index is -0.201. The van der Waals surface area contributed by atoms with Gasteiger partial charge in [-0.3, -0.25) is 16.2 Å². The number of likely N-dealkylation sites (N-methyl/N-ethyl adjacent to an activating group) is 1. The average molecular weight is 295 g/mol. The number of rotatable bonds is 8. The Morgan fingerprint density at radius 2 is 1.76 bits per heavy atom. The van der Waals surface area contributed by atoms with E-state index in [1.807, 2.05) is 13.0 Å². The number of aryl methyl sites for hydroxylation is 1. The van der Waals surface area contributed by atoms with Gasteiger partial charge in [-0.2, -0.15) is 0 Å². The zero-order chi connectivity index (χ0) is 16.0. The fraction of sp³-hybridized carbons (Fsp3) is 0.647. The van der Waals surface area contributed by atoms with Crippen LogP contribution in [0.3, 0.4) is 0 Å². The molecule has 1 aromatic carbocycles. The van der Waals surface area contributed by atoms with Crippen LogP contribution < -0.4 is 11.3 Å². The molecule has 0 aliphatic rings. The molecule has 21 heavy (non-hydrogen) atoms. The first-order valence-electron chi connectivity index (χ1n) is 7.97. The van der Waals surface area contributed by atoms with Crippen LogP contribution in [0.25, 0.3) is 0 Å². The van der Waals surface area contributed by atoms with Crippen molar-refractivity contribution >= 4 is 0 Å². The predicted molar refractivity (Wildman–Crippen MR) is 87.4 cm³/mol. The second kappa shape index (κ2) is 7.87. The second-order valence-corrected chi connectivity index (χ2v) is 5.58. The highest BCUT2D eigenvalue weighted by Crippen LogP contribution is 2.38. The highest BCUT2D eigenvalue weighted by Gasteiger charge is 2.40. The molecule has 0 spiro atoms. The lowest BCUT2D eigenvalue weighted by Crippen LogP contribution is -2.57. The van der Waals surface area contributed by atoms with Gasteiger partial charge >= 0.3 is 0 Å². The summed E-state index contributed by atoms with van der Waals surface area (Å²) in [5.74, 6) is 5.73. The molecular weight excluding hydrogens is 265 g/mol. The molecule has 1 rings (SSSR count). The van der Waals surface area contributed by atoms with E-state index in [0.29, 0.717) is 0 Å². The summed E-state index contributed by atoms with van der Waals surface area (Å²) in [6.45, 7) is 12.6. The van der Waals surface area contributed by atoms with E-state index in [2.05, 4.69) is 38.0 Å². The maximum atomic E-state index is 13.4. The van der Waals surface area contributed by atoms with Crippen LogP contribution in [-0.4, -0.2) is 23.5 Å². The lowest BCUT2D eigenvalue weighted by Gasteiger charge is -2.48. The number of halogens is 1. The van der Waals surface area contributed by atoms with Gasteiger partial charge in [0.15, 0.2) is 0 Å². The van der Waals surface area contributed by atoms with Crippen LogP contribution in [0.5, 0.6) is 0 Å². The van der Waals surface area contributed by atoms with Crippen LogP contribution in [0, 0.1) is 12.7 Å². The monoisotopic (exact) mass is 295 g/mol. The zero-order valence-corrected chi connectivity index (χ0v) is 14.0. The molecule has 0 aromatic heterocycles. The summed E-state index contributed by atoms with van der Waals surface area (Å²) in [6.07, 6.45) is 1.97. The minimum absolute atomic E-state index is 0.0204. The molecule has 0 fully saturated rings. The predicted octanol–water partition coefficient (Wildman–Crippen LogP) is 3.54. The Morgan fingerprint density at radius 3 is 2.14 bits per heavy atom. The number of hydrogen-bond acceptors (Lipinski definition) is 3. The van der Waals surface area contributed by atoms with Crippen molar-refractivity contribution < 1.29 is 4.39 Å². The van der Waals surface area contributed by atoms with Gasteiger partial charge in [-0.1, -0.05) is 33.8 Å². The van der Waals surface area contributed by atoms with Crippen molar-refractivity contribution in [1.29, 1.82) is 0 Å². The summed E-state index contributed by atoms with van der Waals surface area (Å²) in [7, 11) is 0. The molecule has 0 bridgehead atoms. The molecule has 0 radical (unpaired) electrons. The molecule has 120 valence electrons. The lowest BCUT2D eigenvalue weighted by molar-refractivity contribution is 0.0484. The number of nitrogens with one attached hydrogen (secondary N) is 1. The van der Waals surface area contributed by atoms with Crippen LogP contribution >= 0.6 is 0 Å². The first kappa shape index (κ1) is 18.1. The first-order valence-corrected chi connectivity index (χ1v) is 7.97. The van der Waals surface area contributed by atoms with Crippen molar-refractivity contribution in [3.8, 4) is 0 Å². The van der Waals surface area contributed by atoms with Gasteiger partial charge in [0.25, 0.3) is 0 Å². The highest BCUT2D eigenvalue weighted by atomic mass is 19.1. The molecule has 0 saturated carbocycles. The Labute approximate surface area is 128 Å². The van der Waals surface area contributed by atoms with Gasteiger partial charge in [-0.15, -0.1) is 0 Å². The number of nitrogens with two attached hydrogens (primary N) is 1. The smallest absolute Gasteiger partial charge is 0.123 e. The van der Waals surface area contributed by atoms with E-state index in [0.717, 1.165) is 37.1 Å². The van der Waals surface area contributed by atoms with Gasteiger partial charge in [-0.25, -0.2) is 4.39 Å². The van der Waals surface area contributed by atoms with Gasteiger partial charge in [0.2, 0.25) is 0 Å². The van der Waals surface area contributed by atoms with Crippen molar-refractivity contribution in [2.24, 2.45) is 5.84 Å². The highest BCUT2D eigenvalue weighted by molar-refractivity contribution is 5.32. The Hall–Kier alpha value is -0.970. The van der Waals surface area contributed by atoms with E-state index >= 15 is 0 Å². The van der Waals surface area contributed by atoms with E-state index in [4.69, 9.17) is 5.84 Å². The van der Waals surface area contributed by atoms with E-state index in [9.17, 15) is 4.39 Å². The average Bonchev–Trinajstić information content (AvgIpc) is 2.49. The molecular formula is C17H30FN3. The quantitative estimate of drug-likeness (QED) is 0.569. The molecule has 4 heteroatoms. The zero-order valence-electron chi connectivity index (χ0n) is 14.0. The van der Waals surface area contributed by atoms with Crippen molar-refractivity contribution in [3.63, 3.8) is 0 Å². The van der Waals surface area contributed by atoms with Crippen molar-refractivity contribution in [2.75, 3.05) is 13.1 Å². The summed E-state index contributed by atoms with van der Waals surface area (Å²) < 4.78 is 13.4. The van der Waals surface area contributed by atoms with E-state index in [1.165, 1.54) is 6.07 Å². The number of benzene rings is 1. The minimum Gasteiger partial charge on any atom is -0.296 e. The Morgan fingerprint density at radius 1 is 1.19 bits per heavy atom.